The Labute approximate surface area is 77.7 Å². The number of thioether (sulfide) groups is 1. The van der Waals surface area contributed by atoms with Crippen molar-refractivity contribution >= 4 is 11.8 Å². The second-order valence-electron chi connectivity index (χ2n) is 3.83. The summed E-state index contributed by atoms with van der Waals surface area (Å²) in [4.78, 5) is 0. The van der Waals surface area contributed by atoms with Crippen LogP contribution in [0, 0.1) is 5.41 Å². The molecule has 1 atom stereocenters. The van der Waals surface area contributed by atoms with Gasteiger partial charge in [0.05, 0.1) is 6.10 Å². The highest BCUT2D eigenvalue weighted by atomic mass is 32.2. The van der Waals surface area contributed by atoms with E-state index in [-0.39, 0.29) is 11.5 Å². The SMILES string of the molecule is OC1CCSCC12CCOCC2. The lowest BCUT2D eigenvalue weighted by Crippen LogP contribution is -2.45. The zero-order valence-corrected chi connectivity index (χ0v) is 8.11. The number of aliphatic hydroxyl groups is 1. The van der Waals surface area contributed by atoms with Crippen LogP contribution in [0.15, 0.2) is 0 Å². The highest BCUT2D eigenvalue weighted by Crippen LogP contribution is 2.42. The highest BCUT2D eigenvalue weighted by molar-refractivity contribution is 7.99. The zero-order chi connectivity index (χ0) is 8.44. The molecule has 0 saturated carbocycles. The molecule has 0 amide bonds. The van der Waals surface area contributed by atoms with E-state index in [9.17, 15) is 5.11 Å². The lowest BCUT2D eigenvalue weighted by atomic mass is 9.76. The molecule has 2 fully saturated rings. The molecule has 2 nitrogen and oxygen atoms in total. The summed E-state index contributed by atoms with van der Waals surface area (Å²) < 4.78 is 5.32. The molecule has 0 bridgehead atoms. The Hall–Kier alpha value is 0.270. The van der Waals surface area contributed by atoms with Crippen molar-refractivity contribution in [1.29, 1.82) is 0 Å². The molecule has 70 valence electrons. The summed E-state index contributed by atoms with van der Waals surface area (Å²) in [6.45, 7) is 1.69. The summed E-state index contributed by atoms with van der Waals surface area (Å²) in [5.74, 6) is 2.27. The first kappa shape index (κ1) is 8.85. The van der Waals surface area contributed by atoms with Gasteiger partial charge in [-0.1, -0.05) is 0 Å². The van der Waals surface area contributed by atoms with Crippen molar-refractivity contribution < 1.29 is 9.84 Å². The van der Waals surface area contributed by atoms with Gasteiger partial charge in [0.2, 0.25) is 0 Å². The smallest absolute Gasteiger partial charge is 0.0613 e. The Bertz CT molecular complexity index is 146. The molecule has 0 aromatic carbocycles. The van der Waals surface area contributed by atoms with E-state index in [2.05, 4.69) is 0 Å². The molecule has 0 radical (unpaired) electrons. The van der Waals surface area contributed by atoms with Gasteiger partial charge in [-0.25, -0.2) is 0 Å². The van der Waals surface area contributed by atoms with Gasteiger partial charge in [0, 0.05) is 24.4 Å². The third-order valence-electron chi connectivity index (χ3n) is 3.12. The van der Waals surface area contributed by atoms with Gasteiger partial charge in [-0.2, -0.15) is 11.8 Å². The second kappa shape index (κ2) is 3.56. The van der Waals surface area contributed by atoms with Crippen molar-refractivity contribution in [2.45, 2.75) is 25.4 Å². The predicted molar refractivity (Wildman–Crippen MR) is 50.4 cm³/mol. The topological polar surface area (TPSA) is 29.5 Å². The average Bonchev–Trinajstić information content (AvgIpc) is 2.12. The molecule has 0 aromatic heterocycles. The Morgan fingerprint density at radius 2 is 2.08 bits per heavy atom. The van der Waals surface area contributed by atoms with Gasteiger partial charge < -0.3 is 9.84 Å². The molecule has 1 N–H and O–H groups in total. The molecule has 2 aliphatic heterocycles. The fourth-order valence-electron chi connectivity index (χ4n) is 2.13. The Balaban J connectivity index is 2.04. The van der Waals surface area contributed by atoms with E-state index in [1.165, 1.54) is 0 Å². The molecule has 12 heavy (non-hydrogen) atoms. The molecular formula is C9H16O2S. The molecule has 2 heterocycles. The van der Waals surface area contributed by atoms with E-state index in [0.717, 1.165) is 44.0 Å². The quantitative estimate of drug-likeness (QED) is 0.621. The average molecular weight is 188 g/mol. The number of hydrogen-bond acceptors (Lipinski definition) is 3. The fourth-order valence-corrected chi connectivity index (χ4v) is 3.55. The largest absolute Gasteiger partial charge is 0.392 e. The first-order chi connectivity index (χ1) is 5.83. The first-order valence-electron chi connectivity index (χ1n) is 4.67. The third-order valence-corrected chi connectivity index (χ3v) is 4.42. The van der Waals surface area contributed by atoms with Crippen LogP contribution in [-0.2, 0) is 4.74 Å². The third kappa shape index (κ3) is 1.50. The number of aliphatic hydroxyl groups excluding tert-OH is 1. The monoisotopic (exact) mass is 188 g/mol. The molecule has 1 spiro atoms. The van der Waals surface area contributed by atoms with Crippen molar-refractivity contribution in [3.8, 4) is 0 Å². The number of hydrogen-bond donors (Lipinski definition) is 1. The van der Waals surface area contributed by atoms with Crippen LogP contribution < -0.4 is 0 Å². The minimum atomic E-state index is -0.0670. The van der Waals surface area contributed by atoms with Gasteiger partial charge in [-0.05, 0) is 25.0 Å². The van der Waals surface area contributed by atoms with Crippen LogP contribution in [0.5, 0.6) is 0 Å². The van der Waals surface area contributed by atoms with Crippen LogP contribution in [-0.4, -0.2) is 35.9 Å². The normalized spacial score (nSPS) is 35.2. The van der Waals surface area contributed by atoms with Gasteiger partial charge in [0.15, 0.2) is 0 Å². The maximum absolute atomic E-state index is 9.92. The molecule has 0 aliphatic carbocycles. The van der Waals surface area contributed by atoms with Crippen LogP contribution in [0.1, 0.15) is 19.3 Å². The zero-order valence-electron chi connectivity index (χ0n) is 7.29. The van der Waals surface area contributed by atoms with Gasteiger partial charge in [0.1, 0.15) is 0 Å². The molecule has 0 aromatic rings. The second-order valence-corrected chi connectivity index (χ2v) is 4.94. The van der Waals surface area contributed by atoms with Crippen LogP contribution >= 0.6 is 11.8 Å². The predicted octanol–water partition coefficient (Wildman–Crippen LogP) is 1.28. The summed E-state index contributed by atoms with van der Waals surface area (Å²) in [7, 11) is 0. The minimum absolute atomic E-state index is 0.0670. The molecule has 2 saturated heterocycles. The van der Waals surface area contributed by atoms with E-state index in [4.69, 9.17) is 4.74 Å². The minimum Gasteiger partial charge on any atom is -0.392 e. The summed E-state index contributed by atoms with van der Waals surface area (Å²) in [6.07, 6.45) is 3.02. The van der Waals surface area contributed by atoms with Crippen molar-refractivity contribution in [2.75, 3.05) is 24.7 Å². The van der Waals surface area contributed by atoms with E-state index < -0.39 is 0 Å². The van der Waals surface area contributed by atoms with Crippen molar-refractivity contribution in [3.63, 3.8) is 0 Å². The summed E-state index contributed by atoms with van der Waals surface area (Å²) in [6, 6.07) is 0. The lowest BCUT2D eigenvalue weighted by molar-refractivity contribution is -0.0511. The van der Waals surface area contributed by atoms with Crippen LogP contribution in [0.4, 0.5) is 0 Å². The summed E-state index contributed by atoms with van der Waals surface area (Å²) in [5, 5.41) is 9.92. The van der Waals surface area contributed by atoms with E-state index in [1.54, 1.807) is 0 Å². The van der Waals surface area contributed by atoms with Gasteiger partial charge in [-0.3, -0.25) is 0 Å². The van der Waals surface area contributed by atoms with Crippen LogP contribution in [0.25, 0.3) is 0 Å². The Morgan fingerprint density at radius 3 is 2.75 bits per heavy atom. The van der Waals surface area contributed by atoms with E-state index >= 15 is 0 Å². The Morgan fingerprint density at radius 1 is 1.33 bits per heavy atom. The van der Waals surface area contributed by atoms with Crippen molar-refractivity contribution in [3.05, 3.63) is 0 Å². The van der Waals surface area contributed by atoms with Crippen LogP contribution in [0.3, 0.4) is 0 Å². The first-order valence-corrected chi connectivity index (χ1v) is 5.83. The van der Waals surface area contributed by atoms with Gasteiger partial charge >= 0.3 is 0 Å². The molecule has 1 unspecified atom stereocenters. The van der Waals surface area contributed by atoms with Crippen LogP contribution in [0.2, 0.25) is 0 Å². The molecule has 2 rings (SSSR count). The highest BCUT2D eigenvalue weighted by Gasteiger charge is 2.41. The summed E-state index contributed by atoms with van der Waals surface area (Å²) in [5.41, 5.74) is 0.209. The van der Waals surface area contributed by atoms with E-state index in [0.29, 0.717) is 0 Å². The lowest BCUT2D eigenvalue weighted by Gasteiger charge is -2.43. The number of rotatable bonds is 0. The maximum atomic E-state index is 9.92. The fraction of sp³-hybridized carbons (Fsp3) is 1.00. The standard InChI is InChI=1S/C9H16O2S/c10-8-1-6-12-7-9(8)2-4-11-5-3-9/h8,10H,1-7H2. The van der Waals surface area contributed by atoms with Crippen molar-refractivity contribution in [1.82, 2.24) is 0 Å². The van der Waals surface area contributed by atoms with Crippen molar-refractivity contribution in [2.24, 2.45) is 5.41 Å². The van der Waals surface area contributed by atoms with Gasteiger partial charge in [0.25, 0.3) is 0 Å². The molecular weight excluding hydrogens is 172 g/mol. The maximum Gasteiger partial charge on any atom is 0.0613 e. The summed E-state index contributed by atoms with van der Waals surface area (Å²) >= 11 is 1.99. The molecule has 3 heteroatoms. The van der Waals surface area contributed by atoms with Gasteiger partial charge in [-0.15, -0.1) is 0 Å². The number of ether oxygens (including phenoxy) is 1. The van der Waals surface area contributed by atoms with E-state index in [1.807, 2.05) is 11.8 Å². The Kier molecular flexibility index (Phi) is 2.63. The molecule has 2 aliphatic rings.